The highest BCUT2D eigenvalue weighted by molar-refractivity contribution is 5.75. The van der Waals surface area contributed by atoms with E-state index >= 15 is 0 Å². The molecule has 7 nitrogen and oxygen atoms in total. The Hall–Kier alpha value is -1.34. The van der Waals surface area contributed by atoms with Gasteiger partial charge in [-0.25, -0.2) is 4.79 Å². The van der Waals surface area contributed by atoms with Crippen LogP contribution in [0.5, 0.6) is 0 Å². The smallest absolute Gasteiger partial charge is 0.410 e. The average Bonchev–Trinajstić information content (AvgIpc) is 2.37. The maximum Gasteiger partial charge on any atom is 0.410 e. The van der Waals surface area contributed by atoms with Gasteiger partial charge in [0, 0.05) is 19.6 Å². The first-order valence-electron chi connectivity index (χ1n) is 7.19. The lowest BCUT2D eigenvalue weighted by Gasteiger charge is -2.40. The number of carboxylic acids is 1. The van der Waals surface area contributed by atoms with Crippen LogP contribution < -0.4 is 5.73 Å². The second-order valence-electron chi connectivity index (χ2n) is 6.65. The van der Waals surface area contributed by atoms with Crippen LogP contribution in [0.1, 0.15) is 40.0 Å². The highest BCUT2D eigenvalue weighted by Crippen LogP contribution is 2.36. The zero-order valence-electron chi connectivity index (χ0n) is 13.0. The fourth-order valence-electron chi connectivity index (χ4n) is 2.48. The molecule has 1 amide bonds. The van der Waals surface area contributed by atoms with Crippen LogP contribution in [0.2, 0.25) is 0 Å². The summed E-state index contributed by atoms with van der Waals surface area (Å²) in [5.74, 6) is -0.946. The van der Waals surface area contributed by atoms with Gasteiger partial charge in [-0.3, -0.25) is 4.79 Å². The number of piperidine rings is 1. The Morgan fingerprint density at radius 2 is 1.86 bits per heavy atom. The maximum absolute atomic E-state index is 12.0. The predicted molar refractivity (Wildman–Crippen MR) is 76.8 cm³/mol. The summed E-state index contributed by atoms with van der Waals surface area (Å²) in [6.07, 6.45) is -0.576. The number of nitrogens with zero attached hydrogens (tertiary/aromatic N) is 1. The van der Waals surface area contributed by atoms with Crippen molar-refractivity contribution in [1.82, 2.24) is 4.90 Å². The van der Waals surface area contributed by atoms with E-state index in [-0.39, 0.29) is 13.0 Å². The Morgan fingerprint density at radius 1 is 1.33 bits per heavy atom. The number of aliphatic carboxylic acids is 1. The van der Waals surface area contributed by atoms with Gasteiger partial charge in [0.05, 0.1) is 11.5 Å². The molecule has 0 spiro atoms. The predicted octanol–water partition coefficient (Wildman–Crippen LogP) is 0.798. The molecular weight excluding hydrogens is 276 g/mol. The summed E-state index contributed by atoms with van der Waals surface area (Å²) >= 11 is 0. The summed E-state index contributed by atoms with van der Waals surface area (Å²) in [6.45, 7) is 6.00. The van der Waals surface area contributed by atoms with Gasteiger partial charge < -0.3 is 25.6 Å². The van der Waals surface area contributed by atoms with Crippen LogP contribution in [0.3, 0.4) is 0 Å². The van der Waals surface area contributed by atoms with Crippen molar-refractivity contribution in [2.45, 2.75) is 51.7 Å². The molecule has 0 saturated carbocycles. The van der Waals surface area contributed by atoms with Gasteiger partial charge in [-0.2, -0.15) is 0 Å². The lowest BCUT2D eigenvalue weighted by atomic mass is 9.74. The maximum atomic E-state index is 12.0. The van der Waals surface area contributed by atoms with E-state index in [4.69, 9.17) is 10.5 Å². The summed E-state index contributed by atoms with van der Waals surface area (Å²) in [5.41, 5.74) is 3.77. The Bertz CT molecular complexity index is 383. The fraction of sp³-hybridized carbons (Fsp3) is 0.857. The summed E-state index contributed by atoms with van der Waals surface area (Å²) < 4.78 is 5.28. The molecule has 0 aromatic heterocycles. The fourth-order valence-corrected chi connectivity index (χ4v) is 2.48. The quantitative estimate of drug-likeness (QED) is 0.708. The van der Waals surface area contributed by atoms with Gasteiger partial charge in [-0.05, 0) is 40.0 Å². The van der Waals surface area contributed by atoms with Crippen LogP contribution in [0.25, 0.3) is 0 Å². The molecule has 0 radical (unpaired) electrons. The van der Waals surface area contributed by atoms with E-state index in [9.17, 15) is 19.8 Å². The lowest BCUT2D eigenvalue weighted by molar-refractivity contribution is -0.154. The Labute approximate surface area is 125 Å². The standard InChI is InChI=1S/C14H26N2O5/c1-13(2,3)21-12(20)16-6-4-14(5-7-16,11(18)19)8-10(17)9-15/h10,17H,4-9,15H2,1-3H3,(H,18,19)/t10-/m0/s1. The van der Waals surface area contributed by atoms with Gasteiger partial charge in [0.2, 0.25) is 0 Å². The number of carbonyl (C=O) groups excluding carboxylic acids is 1. The van der Waals surface area contributed by atoms with E-state index in [1.807, 2.05) is 0 Å². The highest BCUT2D eigenvalue weighted by atomic mass is 16.6. The van der Waals surface area contributed by atoms with Crippen molar-refractivity contribution >= 4 is 12.1 Å². The Kier molecular flexibility index (Phi) is 5.58. The molecule has 122 valence electrons. The molecule has 1 heterocycles. The number of likely N-dealkylation sites (tertiary alicyclic amines) is 1. The molecule has 0 aliphatic carbocycles. The van der Waals surface area contributed by atoms with Crippen LogP contribution in [0.4, 0.5) is 4.79 Å². The number of carbonyl (C=O) groups is 2. The third kappa shape index (κ3) is 4.86. The van der Waals surface area contributed by atoms with E-state index in [0.717, 1.165) is 0 Å². The van der Waals surface area contributed by atoms with Crippen molar-refractivity contribution in [2.24, 2.45) is 11.1 Å². The van der Waals surface area contributed by atoms with Crippen molar-refractivity contribution in [1.29, 1.82) is 0 Å². The van der Waals surface area contributed by atoms with Gasteiger partial charge in [-0.15, -0.1) is 0 Å². The van der Waals surface area contributed by atoms with Gasteiger partial charge in [-0.1, -0.05) is 0 Å². The van der Waals surface area contributed by atoms with Crippen LogP contribution in [0.15, 0.2) is 0 Å². The SMILES string of the molecule is CC(C)(C)OC(=O)N1CCC(C[C@H](O)CN)(C(=O)O)CC1. The molecule has 21 heavy (non-hydrogen) atoms. The Balaban J connectivity index is 2.67. The number of rotatable bonds is 4. The third-order valence-corrected chi connectivity index (χ3v) is 3.72. The molecule has 1 aliphatic rings. The van der Waals surface area contributed by atoms with E-state index in [1.165, 1.54) is 4.90 Å². The second-order valence-corrected chi connectivity index (χ2v) is 6.65. The monoisotopic (exact) mass is 302 g/mol. The molecule has 1 atom stereocenters. The molecule has 4 N–H and O–H groups in total. The van der Waals surface area contributed by atoms with Gasteiger partial charge in [0.1, 0.15) is 5.60 Å². The number of aliphatic hydroxyl groups is 1. The topological polar surface area (TPSA) is 113 Å². The van der Waals surface area contributed by atoms with E-state index in [0.29, 0.717) is 25.9 Å². The van der Waals surface area contributed by atoms with Crippen LogP contribution in [-0.2, 0) is 9.53 Å². The van der Waals surface area contributed by atoms with Gasteiger partial charge >= 0.3 is 12.1 Å². The first-order chi connectivity index (χ1) is 9.59. The van der Waals surface area contributed by atoms with Crippen LogP contribution in [-0.4, -0.2) is 58.5 Å². The molecule has 1 saturated heterocycles. The number of aliphatic hydroxyl groups excluding tert-OH is 1. The minimum absolute atomic E-state index is 0.0325. The number of hydrogen-bond donors (Lipinski definition) is 3. The molecule has 7 heteroatoms. The van der Waals surface area contributed by atoms with Crippen molar-refractivity contribution in [3.05, 3.63) is 0 Å². The van der Waals surface area contributed by atoms with E-state index in [2.05, 4.69) is 0 Å². The summed E-state index contributed by atoms with van der Waals surface area (Å²) in [7, 11) is 0. The molecule has 1 rings (SSSR count). The van der Waals surface area contributed by atoms with Crippen LogP contribution >= 0.6 is 0 Å². The molecule has 0 bridgehead atoms. The Morgan fingerprint density at radius 3 is 2.24 bits per heavy atom. The first kappa shape index (κ1) is 17.7. The lowest BCUT2D eigenvalue weighted by Crippen LogP contribution is -2.49. The molecule has 0 aromatic carbocycles. The number of amides is 1. The van der Waals surface area contributed by atoms with Crippen molar-refractivity contribution < 1.29 is 24.5 Å². The molecule has 0 aromatic rings. The zero-order chi connectivity index (χ0) is 16.3. The molecular formula is C14H26N2O5. The largest absolute Gasteiger partial charge is 0.481 e. The first-order valence-corrected chi connectivity index (χ1v) is 7.19. The summed E-state index contributed by atoms with van der Waals surface area (Å²) in [4.78, 5) is 25.0. The summed E-state index contributed by atoms with van der Waals surface area (Å²) in [6, 6.07) is 0. The number of hydrogen-bond acceptors (Lipinski definition) is 5. The van der Waals surface area contributed by atoms with Gasteiger partial charge in [0.15, 0.2) is 0 Å². The third-order valence-electron chi connectivity index (χ3n) is 3.72. The second kappa shape index (κ2) is 6.62. The van der Waals surface area contributed by atoms with E-state index in [1.54, 1.807) is 20.8 Å². The van der Waals surface area contributed by atoms with Crippen molar-refractivity contribution in [3.8, 4) is 0 Å². The number of ether oxygens (including phenoxy) is 1. The minimum atomic E-state index is -1.02. The summed E-state index contributed by atoms with van der Waals surface area (Å²) in [5, 5.41) is 19.1. The van der Waals surface area contributed by atoms with Gasteiger partial charge in [0.25, 0.3) is 0 Å². The highest BCUT2D eigenvalue weighted by Gasteiger charge is 2.44. The number of carboxylic acid groups (broad SMARTS) is 1. The minimum Gasteiger partial charge on any atom is -0.481 e. The zero-order valence-corrected chi connectivity index (χ0v) is 13.0. The average molecular weight is 302 g/mol. The molecule has 1 fully saturated rings. The van der Waals surface area contributed by atoms with E-state index < -0.39 is 29.2 Å². The van der Waals surface area contributed by atoms with Crippen molar-refractivity contribution in [2.75, 3.05) is 19.6 Å². The molecule has 0 unspecified atom stereocenters. The van der Waals surface area contributed by atoms with Crippen LogP contribution in [0, 0.1) is 5.41 Å². The number of nitrogens with two attached hydrogens (primary N) is 1. The normalized spacial score (nSPS) is 20.0. The van der Waals surface area contributed by atoms with Crippen molar-refractivity contribution in [3.63, 3.8) is 0 Å². The molecule has 1 aliphatic heterocycles.